The van der Waals surface area contributed by atoms with E-state index in [4.69, 9.17) is 5.11 Å². The number of carboxylic acid groups (broad SMARTS) is 1. The van der Waals surface area contributed by atoms with Crippen molar-refractivity contribution in [3.05, 3.63) is 0 Å². The van der Waals surface area contributed by atoms with Crippen molar-refractivity contribution in [1.82, 2.24) is 4.90 Å². The molecule has 0 aromatic carbocycles. The van der Waals surface area contributed by atoms with Gasteiger partial charge in [0, 0.05) is 12.6 Å². The molecule has 0 atom stereocenters. The van der Waals surface area contributed by atoms with E-state index >= 15 is 0 Å². The molecular formula is C11H16F3NO3. The van der Waals surface area contributed by atoms with Gasteiger partial charge in [-0.2, -0.15) is 13.2 Å². The topological polar surface area (TPSA) is 57.6 Å². The molecule has 0 spiro atoms. The number of alkyl halides is 3. The summed E-state index contributed by atoms with van der Waals surface area (Å²) >= 11 is 0. The Labute approximate surface area is 103 Å². The van der Waals surface area contributed by atoms with Crippen molar-refractivity contribution in [3.63, 3.8) is 0 Å². The lowest BCUT2D eigenvalue weighted by atomic mass is 9.94. The highest BCUT2D eigenvalue weighted by atomic mass is 19.4. The van der Waals surface area contributed by atoms with Gasteiger partial charge < -0.3 is 10.0 Å². The molecule has 0 heterocycles. The van der Waals surface area contributed by atoms with Crippen molar-refractivity contribution in [3.8, 4) is 0 Å². The summed E-state index contributed by atoms with van der Waals surface area (Å²) in [5.41, 5.74) is 0. The van der Waals surface area contributed by atoms with E-state index in [1.54, 1.807) is 0 Å². The summed E-state index contributed by atoms with van der Waals surface area (Å²) in [4.78, 5) is 22.4. The second kappa shape index (κ2) is 6.06. The number of hydrogen-bond acceptors (Lipinski definition) is 2. The summed E-state index contributed by atoms with van der Waals surface area (Å²) in [5.74, 6) is -3.12. The fraction of sp³-hybridized carbons (Fsp3) is 0.818. The maximum atomic E-state index is 12.4. The summed E-state index contributed by atoms with van der Waals surface area (Å²) in [6, 6.07) is -0.479. The number of carboxylic acids is 1. The minimum atomic E-state index is -4.93. The van der Waals surface area contributed by atoms with Crippen LogP contribution in [0.1, 0.15) is 38.5 Å². The Kier molecular flexibility index (Phi) is 4.98. The van der Waals surface area contributed by atoms with E-state index in [-0.39, 0.29) is 6.54 Å². The Morgan fingerprint density at radius 2 is 1.72 bits per heavy atom. The maximum Gasteiger partial charge on any atom is 0.471 e. The van der Waals surface area contributed by atoms with Crippen LogP contribution in [-0.2, 0) is 9.59 Å². The average Bonchev–Trinajstić information content (AvgIpc) is 2.29. The number of carbonyl (C=O) groups is 2. The predicted octanol–water partition coefficient (Wildman–Crippen LogP) is 2.18. The normalized spacial score (nSPS) is 17.5. The van der Waals surface area contributed by atoms with E-state index in [1.165, 1.54) is 0 Å². The van der Waals surface area contributed by atoms with Gasteiger partial charge in [0.25, 0.3) is 0 Å². The van der Waals surface area contributed by atoms with Crippen LogP contribution < -0.4 is 0 Å². The second-order valence-electron chi connectivity index (χ2n) is 4.43. The molecule has 1 aliphatic rings. The van der Waals surface area contributed by atoms with Gasteiger partial charge in [0.15, 0.2) is 0 Å². The molecule has 18 heavy (non-hydrogen) atoms. The summed E-state index contributed by atoms with van der Waals surface area (Å²) < 4.78 is 37.3. The van der Waals surface area contributed by atoms with E-state index in [1.807, 2.05) is 0 Å². The molecule has 0 bridgehead atoms. The first kappa shape index (κ1) is 14.8. The zero-order valence-electron chi connectivity index (χ0n) is 9.87. The number of nitrogens with zero attached hydrogens (tertiary/aromatic N) is 1. The maximum absolute atomic E-state index is 12.4. The van der Waals surface area contributed by atoms with Gasteiger partial charge in [-0.05, 0) is 12.8 Å². The van der Waals surface area contributed by atoms with Crippen molar-refractivity contribution in [2.24, 2.45) is 0 Å². The van der Waals surface area contributed by atoms with Crippen LogP contribution in [-0.4, -0.2) is 40.6 Å². The first-order chi connectivity index (χ1) is 8.32. The zero-order valence-corrected chi connectivity index (χ0v) is 9.87. The minimum Gasteiger partial charge on any atom is -0.481 e. The van der Waals surface area contributed by atoms with Crippen molar-refractivity contribution < 1.29 is 27.9 Å². The number of hydrogen-bond donors (Lipinski definition) is 1. The third kappa shape index (κ3) is 4.19. The molecule has 104 valence electrons. The highest BCUT2D eigenvalue weighted by Crippen LogP contribution is 2.27. The van der Waals surface area contributed by atoms with Crippen molar-refractivity contribution in [2.75, 3.05) is 6.54 Å². The van der Waals surface area contributed by atoms with Gasteiger partial charge in [-0.15, -0.1) is 0 Å². The molecule has 1 aliphatic carbocycles. The summed E-state index contributed by atoms with van der Waals surface area (Å²) in [5, 5.41) is 8.53. The molecule has 1 rings (SSSR count). The molecule has 7 heteroatoms. The molecule has 0 unspecified atom stereocenters. The van der Waals surface area contributed by atoms with Crippen LogP contribution in [0.2, 0.25) is 0 Å². The lowest BCUT2D eigenvalue weighted by molar-refractivity contribution is -0.188. The van der Waals surface area contributed by atoms with Gasteiger partial charge in [-0.25, -0.2) is 0 Å². The van der Waals surface area contributed by atoms with Gasteiger partial charge in [0.05, 0.1) is 6.42 Å². The third-order valence-electron chi connectivity index (χ3n) is 3.09. The van der Waals surface area contributed by atoms with Crippen LogP contribution in [0.5, 0.6) is 0 Å². The van der Waals surface area contributed by atoms with E-state index < -0.39 is 30.5 Å². The highest BCUT2D eigenvalue weighted by Gasteiger charge is 2.44. The standard InChI is InChI=1S/C11H16F3NO3/c12-11(13,14)10(18)15(7-6-9(16)17)8-4-2-1-3-5-8/h8H,1-7H2,(H,16,17). The SMILES string of the molecule is O=C(O)CCN(C(=O)C(F)(F)F)C1CCCCC1. The number of halogens is 3. The molecule has 1 amide bonds. The molecule has 0 radical (unpaired) electrons. The van der Waals surface area contributed by atoms with Crippen molar-refractivity contribution in [1.29, 1.82) is 0 Å². The Morgan fingerprint density at radius 3 is 2.17 bits per heavy atom. The van der Waals surface area contributed by atoms with Crippen LogP contribution in [0.3, 0.4) is 0 Å². The summed E-state index contributed by atoms with van der Waals surface area (Å²) in [7, 11) is 0. The van der Waals surface area contributed by atoms with Gasteiger partial charge in [0.1, 0.15) is 0 Å². The highest BCUT2D eigenvalue weighted by molar-refractivity contribution is 5.82. The molecule has 0 saturated heterocycles. The fourth-order valence-electron chi connectivity index (χ4n) is 2.22. The van der Waals surface area contributed by atoms with E-state index in [9.17, 15) is 22.8 Å². The zero-order chi connectivity index (χ0) is 13.8. The van der Waals surface area contributed by atoms with Crippen LogP contribution in [0.4, 0.5) is 13.2 Å². The number of amides is 1. The van der Waals surface area contributed by atoms with Crippen LogP contribution >= 0.6 is 0 Å². The Morgan fingerprint density at radius 1 is 1.17 bits per heavy atom. The van der Waals surface area contributed by atoms with Crippen LogP contribution in [0.15, 0.2) is 0 Å². The van der Waals surface area contributed by atoms with Gasteiger partial charge in [-0.3, -0.25) is 9.59 Å². The fourth-order valence-corrected chi connectivity index (χ4v) is 2.22. The van der Waals surface area contributed by atoms with Crippen LogP contribution in [0, 0.1) is 0 Å². The molecule has 1 fully saturated rings. The van der Waals surface area contributed by atoms with Crippen molar-refractivity contribution >= 4 is 11.9 Å². The van der Waals surface area contributed by atoms with Crippen LogP contribution in [0.25, 0.3) is 0 Å². The predicted molar refractivity (Wildman–Crippen MR) is 56.9 cm³/mol. The van der Waals surface area contributed by atoms with Gasteiger partial charge in [-0.1, -0.05) is 19.3 Å². The lowest BCUT2D eigenvalue weighted by Crippen LogP contribution is -2.48. The Balaban J connectivity index is 2.73. The molecule has 1 saturated carbocycles. The summed E-state index contributed by atoms with van der Waals surface area (Å²) in [6.45, 7) is -0.377. The van der Waals surface area contributed by atoms with E-state index in [0.29, 0.717) is 17.7 Å². The first-order valence-electron chi connectivity index (χ1n) is 5.92. The van der Waals surface area contributed by atoms with Gasteiger partial charge >= 0.3 is 18.1 Å². The number of aliphatic carboxylic acids is 1. The van der Waals surface area contributed by atoms with Crippen molar-refractivity contribution in [2.45, 2.75) is 50.7 Å². The minimum absolute atomic E-state index is 0.377. The molecule has 0 aliphatic heterocycles. The Bertz CT molecular complexity index is 311. The summed E-state index contributed by atoms with van der Waals surface area (Å²) in [6.07, 6.45) is -1.86. The molecule has 0 aromatic heterocycles. The number of rotatable bonds is 4. The molecular weight excluding hydrogens is 251 g/mol. The first-order valence-corrected chi connectivity index (χ1v) is 5.92. The van der Waals surface area contributed by atoms with Gasteiger partial charge in [0.2, 0.25) is 0 Å². The average molecular weight is 267 g/mol. The molecule has 4 nitrogen and oxygen atoms in total. The molecule has 0 aromatic rings. The number of carbonyl (C=O) groups excluding carboxylic acids is 1. The lowest BCUT2D eigenvalue weighted by Gasteiger charge is -2.34. The quantitative estimate of drug-likeness (QED) is 0.849. The Hall–Kier alpha value is -1.27. The largest absolute Gasteiger partial charge is 0.481 e. The monoisotopic (exact) mass is 267 g/mol. The smallest absolute Gasteiger partial charge is 0.471 e. The van der Waals surface area contributed by atoms with E-state index in [2.05, 4.69) is 0 Å². The van der Waals surface area contributed by atoms with E-state index in [0.717, 1.165) is 19.3 Å². The third-order valence-corrected chi connectivity index (χ3v) is 3.09. The second-order valence-corrected chi connectivity index (χ2v) is 4.43. The molecule has 1 N–H and O–H groups in total.